The van der Waals surface area contributed by atoms with E-state index < -0.39 is 17.7 Å². The van der Waals surface area contributed by atoms with Gasteiger partial charge in [-0.3, -0.25) is 9.59 Å². The normalized spacial score (nSPS) is 19.6. The maximum Gasteiger partial charge on any atom is 0.242 e. The Morgan fingerprint density at radius 1 is 1.42 bits per heavy atom. The van der Waals surface area contributed by atoms with Crippen molar-refractivity contribution in [1.82, 2.24) is 10.2 Å². The van der Waals surface area contributed by atoms with E-state index in [9.17, 15) is 18.4 Å². The van der Waals surface area contributed by atoms with E-state index in [1.54, 1.807) is 0 Å². The minimum Gasteiger partial charge on any atom is -0.345 e. The Morgan fingerprint density at radius 2 is 2.11 bits per heavy atom. The zero-order valence-electron chi connectivity index (χ0n) is 10.0. The van der Waals surface area contributed by atoms with E-state index in [1.165, 1.54) is 13.0 Å². The van der Waals surface area contributed by atoms with Crippen molar-refractivity contribution < 1.29 is 18.4 Å². The zero-order valence-corrected chi connectivity index (χ0v) is 11.6. The van der Waals surface area contributed by atoms with Crippen LogP contribution in [-0.2, 0) is 16.1 Å². The first-order chi connectivity index (χ1) is 8.91. The van der Waals surface area contributed by atoms with E-state index in [0.29, 0.717) is 0 Å². The quantitative estimate of drug-likeness (QED) is 0.836. The number of carbonyl (C=O) groups is 2. The van der Waals surface area contributed by atoms with Gasteiger partial charge in [0.05, 0.1) is 17.6 Å². The van der Waals surface area contributed by atoms with Crippen LogP contribution < -0.4 is 5.32 Å². The molecule has 1 fully saturated rings. The molecule has 1 heterocycles. The molecule has 4 nitrogen and oxygen atoms in total. The van der Waals surface area contributed by atoms with E-state index >= 15 is 0 Å². The molecule has 19 heavy (non-hydrogen) atoms. The number of nitrogens with zero attached hydrogens (tertiary/aromatic N) is 1. The second-order valence-corrected chi connectivity index (χ2v) is 5.09. The van der Waals surface area contributed by atoms with Crippen LogP contribution in [0.15, 0.2) is 16.6 Å². The number of halogens is 3. The SMILES string of the molecule is CC1C(=O)NCC(=O)N1Cc1c(F)ccc(Br)c1F. The molecule has 0 aromatic heterocycles. The smallest absolute Gasteiger partial charge is 0.242 e. The third kappa shape index (κ3) is 2.60. The largest absolute Gasteiger partial charge is 0.345 e. The lowest BCUT2D eigenvalue weighted by Crippen LogP contribution is -2.56. The highest BCUT2D eigenvalue weighted by atomic mass is 79.9. The predicted octanol–water partition coefficient (Wildman–Crippen LogP) is 1.57. The van der Waals surface area contributed by atoms with Crippen LogP contribution in [0.2, 0.25) is 0 Å². The summed E-state index contributed by atoms with van der Waals surface area (Å²) in [5, 5.41) is 2.41. The molecule has 1 unspecified atom stereocenters. The van der Waals surface area contributed by atoms with E-state index in [0.717, 1.165) is 11.0 Å². The molecule has 0 spiro atoms. The van der Waals surface area contributed by atoms with Gasteiger partial charge in [-0.05, 0) is 35.0 Å². The number of hydrogen-bond donors (Lipinski definition) is 1. The molecule has 0 aliphatic carbocycles. The Morgan fingerprint density at radius 3 is 2.79 bits per heavy atom. The molecule has 1 atom stereocenters. The average molecular weight is 333 g/mol. The van der Waals surface area contributed by atoms with Gasteiger partial charge in [0.2, 0.25) is 11.8 Å². The molecular weight excluding hydrogens is 322 g/mol. The van der Waals surface area contributed by atoms with Gasteiger partial charge >= 0.3 is 0 Å². The molecule has 0 saturated carbocycles. The van der Waals surface area contributed by atoms with E-state index in [2.05, 4.69) is 21.2 Å². The third-order valence-electron chi connectivity index (χ3n) is 3.05. The van der Waals surface area contributed by atoms with Crippen molar-refractivity contribution in [2.24, 2.45) is 0 Å². The van der Waals surface area contributed by atoms with Crippen LogP contribution in [-0.4, -0.2) is 29.3 Å². The lowest BCUT2D eigenvalue weighted by Gasteiger charge is -2.32. The molecule has 0 radical (unpaired) electrons. The molecule has 1 aliphatic rings. The van der Waals surface area contributed by atoms with Crippen molar-refractivity contribution in [2.75, 3.05) is 6.54 Å². The summed E-state index contributed by atoms with van der Waals surface area (Å²) >= 11 is 2.96. The van der Waals surface area contributed by atoms with Crippen LogP contribution in [0.5, 0.6) is 0 Å². The Bertz CT molecular complexity index is 551. The molecule has 1 aliphatic heterocycles. The van der Waals surface area contributed by atoms with Crippen LogP contribution in [0.25, 0.3) is 0 Å². The Balaban J connectivity index is 2.32. The van der Waals surface area contributed by atoms with E-state index in [1.807, 2.05) is 0 Å². The molecule has 7 heteroatoms. The van der Waals surface area contributed by atoms with Crippen molar-refractivity contribution in [3.8, 4) is 0 Å². The van der Waals surface area contributed by atoms with Gasteiger partial charge in [0.1, 0.15) is 17.7 Å². The third-order valence-corrected chi connectivity index (χ3v) is 3.66. The summed E-state index contributed by atoms with van der Waals surface area (Å²) in [4.78, 5) is 24.4. The highest BCUT2D eigenvalue weighted by molar-refractivity contribution is 9.10. The maximum absolute atomic E-state index is 13.8. The number of hydrogen-bond acceptors (Lipinski definition) is 2. The monoisotopic (exact) mass is 332 g/mol. The first-order valence-corrected chi connectivity index (χ1v) is 6.40. The summed E-state index contributed by atoms with van der Waals surface area (Å²) in [5.74, 6) is -2.21. The van der Waals surface area contributed by atoms with Gasteiger partial charge in [0.15, 0.2) is 0 Å². The van der Waals surface area contributed by atoms with E-state index in [-0.39, 0.29) is 34.9 Å². The Labute approximate surface area is 116 Å². The summed E-state index contributed by atoms with van der Waals surface area (Å²) in [7, 11) is 0. The van der Waals surface area contributed by atoms with Crippen molar-refractivity contribution in [1.29, 1.82) is 0 Å². The molecule has 2 amide bonds. The molecule has 0 bridgehead atoms. The van der Waals surface area contributed by atoms with Crippen LogP contribution in [0.1, 0.15) is 12.5 Å². The number of nitrogens with one attached hydrogen (secondary N) is 1. The second kappa shape index (κ2) is 5.24. The minimum atomic E-state index is -0.758. The standard InChI is InChI=1S/C12H11BrF2N2O2/c1-6-12(19)16-4-10(18)17(6)5-7-9(14)3-2-8(13)11(7)15/h2-3,6H,4-5H2,1H3,(H,16,19). The fourth-order valence-corrected chi connectivity index (χ4v) is 2.25. The zero-order chi connectivity index (χ0) is 14.2. The Hall–Kier alpha value is -1.50. The van der Waals surface area contributed by atoms with E-state index in [4.69, 9.17) is 0 Å². The van der Waals surface area contributed by atoms with Crippen LogP contribution >= 0.6 is 15.9 Å². The average Bonchev–Trinajstić information content (AvgIpc) is 2.38. The lowest BCUT2D eigenvalue weighted by molar-refractivity contribution is -0.145. The lowest BCUT2D eigenvalue weighted by atomic mass is 10.1. The molecule has 1 N–H and O–H groups in total. The minimum absolute atomic E-state index is 0.116. The molecule has 1 saturated heterocycles. The summed E-state index contributed by atoms with van der Waals surface area (Å²) < 4.78 is 27.6. The van der Waals surface area contributed by atoms with Crippen LogP contribution in [0.3, 0.4) is 0 Å². The van der Waals surface area contributed by atoms with Gasteiger partial charge < -0.3 is 10.2 Å². The maximum atomic E-state index is 13.8. The van der Waals surface area contributed by atoms with Crippen molar-refractivity contribution in [3.05, 3.63) is 33.8 Å². The summed E-state index contributed by atoms with van der Waals surface area (Å²) in [6.45, 7) is 1.09. The molecule has 1 aromatic rings. The highest BCUT2D eigenvalue weighted by Crippen LogP contribution is 2.24. The van der Waals surface area contributed by atoms with Gasteiger partial charge in [-0.1, -0.05) is 0 Å². The van der Waals surface area contributed by atoms with Crippen molar-refractivity contribution >= 4 is 27.7 Å². The number of carbonyl (C=O) groups excluding carboxylic acids is 2. The number of rotatable bonds is 2. The van der Waals surface area contributed by atoms with Crippen molar-refractivity contribution in [3.63, 3.8) is 0 Å². The van der Waals surface area contributed by atoms with Gasteiger partial charge in [0, 0.05) is 5.56 Å². The second-order valence-electron chi connectivity index (χ2n) is 4.24. The molecule has 1 aromatic carbocycles. The predicted molar refractivity (Wildman–Crippen MR) is 67.1 cm³/mol. The van der Waals surface area contributed by atoms with Gasteiger partial charge in [-0.25, -0.2) is 8.78 Å². The molecule has 102 valence electrons. The van der Waals surface area contributed by atoms with Gasteiger partial charge in [-0.2, -0.15) is 0 Å². The first-order valence-electron chi connectivity index (χ1n) is 5.61. The van der Waals surface area contributed by atoms with Crippen LogP contribution in [0.4, 0.5) is 8.78 Å². The molecular formula is C12H11BrF2N2O2. The Kier molecular flexibility index (Phi) is 3.84. The summed E-state index contributed by atoms with van der Waals surface area (Å²) in [6, 6.07) is 1.61. The summed E-state index contributed by atoms with van der Waals surface area (Å²) in [5.41, 5.74) is -0.232. The van der Waals surface area contributed by atoms with Gasteiger partial charge in [0.25, 0.3) is 0 Å². The number of piperazine rings is 1. The fraction of sp³-hybridized carbons (Fsp3) is 0.333. The topological polar surface area (TPSA) is 49.4 Å². The number of amides is 2. The van der Waals surface area contributed by atoms with Crippen molar-refractivity contribution in [2.45, 2.75) is 19.5 Å². The summed E-state index contributed by atoms with van der Waals surface area (Å²) in [6.07, 6.45) is 0. The first kappa shape index (κ1) is 13.9. The fourth-order valence-electron chi connectivity index (χ4n) is 1.88. The number of benzene rings is 1. The highest BCUT2D eigenvalue weighted by Gasteiger charge is 2.32. The van der Waals surface area contributed by atoms with Gasteiger partial charge in [-0.15, -0.1) is 0 Å². The molecule has 2 rings (SSSR count). The van der Waals surface area contributed by atoms with Crippen LogP contribution in [0, 0.1) is 11.6 Å².